The molecule has 0 spiro atoms. The molecule has 0 radical (unpaired) electrons. The third-order valence-electron chi connectivity index (χ3n) is 8.19. The van der Waals surface area contributed by atoms with Gasteiger partial charge in [-0.05, 0) is 88.5 Å². The van der Waals surface area contributed by atoms with E-state index in [2.05, 4.69) is 104 Å². The van der Waals surface area contributed by atoms with E-state index >= 15 is 0 Å². The molecule has 2 saturated carbocycles. The van der Waals surface area contributed by atoms with Crippen molar-refractivity contribution in [1.29, 1.82) is 0 Å². The molecule has 4 rings (SSSR count). The molecule has 2 fully saturated rings. The van der Waals surface area contributed by atoms with Crippen molar-refractivity contribution in [3.63, 3.8) is 0 Å². The summed E-state index contributed by atoms with van der Waals surface area (Å²) >= 11 is 0. The normalized spacial score (nSPS) is 24.9. The Morgan fingerprint density at radius 2 is 1.50 bits per heavy atom. The first-order chi connectivity index (χ1) is 19.4. The van der Waals surface area contributed by atoms with Gasteiger partial charge in [-0.3, -0.25) is 0 Å². The predicted molar refractivity (Wildman–Crippen MR) is 173 cm³/mol. The number of benzene rings is 1. The lowest BCUT2D eigenvalue weighted by Gasteiger charge is -2.51. The van der Waals surface area contributed by atoms with Crippen LogP contribution < -0.4 is 24.8 Å². The Morgan fingerprint density at radius 3 is 2.14 bits per heavy atom. The average Bonchev–Trinajstić information content (AvgIpc) is 2.83. The Labute approximate surface area is 255 Å². The van der Waals surface area contributed by atoms with Crippen LogP contribution >= 0.6 is 0 Å². The number of ether oxygens (including phenoxy) is 3. The van der Waals surface area contributed by atoms with E-state index in [1.54, 1.807) is 0 Å². The van der Waals surface area contributed by atoms with E-state index in [4.69, 9.17) is 14.2 Å². The van der Waals surface area contributed by atoms with Gasteiger partial charge in [-0.15, -0.1) is 0 Å². The fourth-order valence-corrected chi connectivity index (χ4v) is 6.00. The maximum absolute atomic E-state index is 6.55. The first-order valence-electron chi connectivity index (χ1n) is 15.9. The van der Waals surface area contributed by atoms with E-state index in [0.29, 0.717) is 24.6 Å². The second-order valence-electron chi connectivity index (χ2n) is 16.7. The fourth-order valence-electron chi connectivity index (χ4n) is 6.00. The molecule has 6 nitrogen and oxygen atoms in total. The summed E-state index contributed by atoms with van der Waals surface area (Å²) < 4.78 is 18.8. The van der Waals surface area contributed by atoms with Crippen molar-refractivity contribution in [2.45, 2.75) is 143 Å². The number of rotatable bonds is 11. The Hall–Kier alpha value is -2.31. The molecule has 3 atom stereocenters. The van der Waals surface area contributed by atoms with E-state index in [1.807, 2.05) is 30.5 Å². The molecule has 2 aliphatic rings. The van der Waals surface area contributed by atoms with Gasteiger partial charge in [-0.1, -0.05) is 47.6 Å². The smallest absolute Gasteiger partial charge is 0.213 e. The average molecular weight is 580 g/mol. The van der Waals surface area contributed by atoms with Crippen LogP contribution in [0.4, 0.5) is 0 Å². The van der Waals surface area contributed by atoms with Gasteiger partial charge >= 0.3 is 0 Å². The van der Waals surface area contributed by atoms with Gasteiger partial charge in [-0.2, -0.15) is 0 Å². The number of pyridine rings is 1. The van der Waals surface area contributed by atoms with Crippen LogP contribution in [0, 0.1) is 11.3 Å². The molecule has 2 N–H and O–H groups in total. The molecule has 1 heterocycles. The topological polar surface area (TPSA) is 64.6 Å². The van der Waals surface area contributed by atoms with Crippen LogP contribution in [-0.4, -0.2) is 47.0 Å². The summed E-state index contributed by atoms with van der Waals surface area (Å²) in [6, 6.07) is 13.1. The molecule has 0 bridgehead atoms. The highest BCUT2D eigenvalue weighted by Gasteiger charge is 2.47. The quantitative estimate of drug-likeness (QED) is 0.284. The van der Waals surface area contributed by atoms with Crippen LogP contribution in [0.25, 0.3) is 0 Å². The van der Waals surface area contributed by atoms with Crippen molar-refractivity contribution in [2.75, 3.05) is 6.61 Å². The van der Waals surface area contributed by atoms with E-state index in [-0.39, 0.29) is 34.1 Å². The van der Waals surface area contributed by atoms with Gasteiger partial charge in [0.1, 0.15) is 23.7 Å². The number of hydrogen-bond donors (Lipinski definition) is 2. The van der Waals surface area contributed by atoms with Crippen LogP contribution in [0.1, 0.15) is 107 Å². The van der Waals surface area contributed by atoms with E-state index in [0.717, 1.165) is 43.1 Å². The van der Waals surface area contributed by atoms with Gasteiger partial charge in [-0.25, -0.2) is 4.98 Å². The number of nitrogens with zero attached hydrogens (tertiary/aromatic N) is 1. The minimum absolute atomic E-state index is 0.0262. The third-order valence-corrected chi connectivity index (χ3v) is 8.19. The van der Waals surface area contributed by atoms with Crippen LogP contribution in [0.15, 0.2) is 42.6 Å². The highest BCUT2D eigenvalue weighted by molar-refractivity contribution is 5.33. The lowest BCUT2D eigenvalue weighted by molar-refractivity contribution is -0.0235. The lowest BCUT2D eigenvalue weighted by Crippen LogP contribution is -2.63. The molecule has 1 aromatic carbocycles. The summed E-state index contributed by atoms with van der Waals surface area (Å²) in [6.45, 7) is 25.3. The molecule has 0 aliphatic heterocycles. The summed E-state index contributed by atoms with van der Waals surface area (Å²) in [6.07, 6.45) is 6.30. The van der Waals surface area contributed by atoms with E-state index in [9.17, 15) is 0 Å². The van der Waals surface area contributed by atoms with Gasteiger partial charge in [0.15, 0.2) is 0 Å². The van der Waals surface area contributed by atoms with Crippen molar-refractivity contribution >= 4 is 0 Å². The van der Waals surface area contributed by atoms with Crippen molar-refractivity contribution < 1.29 is 14.2 Å². The molecular formula is C36H57N3O3. The minimum atomic E-state index is -0.0262. The van der Waals surface area contributed by atoms with Crippen LogP contribution in [0.5, 0.6) is 17.4 Å². The molecule has 1 unspecified atom stereocenters. The Bertz CT molecular complexity index is 1170. The predicted octanol–water partition coefficient (Wildman–Crippen LogP) is 7.70. The summed E-state index contributed by atoms with van der Waals surface area (Å²) in [7, 11) is 0. The zero-order valence-corrected chi connectivity index (χ0v) is 28.1. The molecule has 0 saturated heterocycles. The molecule has 0 amide bonds. The van der Waals surface area contributed by atoms with E-state index in [1.165, 1.54) is 5.56 Å². The Kier molecular flexibility index (Phi) is 9.59. The number of aromatic nitrogens is 1. The second-order valence-corrected chi connectivity index (χ2v) is 16.7. The standard InChI is InChI=1S/C36H57N3O3/c1-33(2,3)23-40-26-13-12-14-27(20-26)41-28-18-25(19-28)38-36(10,11)22-29-30(39-35(7,8)9)21-31(29)42-32-17-24(15-16-37-32)34(4,5)6/h12-17,20,25,28-31,38-39H,18-19,21-23H2,1-11H3/t25-,28+,29?,30-,31-/m1/s1. The van der Waals surface area contributed by atoms with Crippen molar-refractivity contribution in [3.8, 4) is 17.4 Å². The largest absolute Gasteiger partial charge is 0.493 e. The minimum Gasteiger partial charge on any atom is -0.493 e. The molecule has 1 aromatic heterocycles. The Morgan fingerprint density at radius 1 is 0.810 bits per heavy atom. The first kappa shape index (κ1) is 32.6. The van der Waals surface area contributed by atoms with Gasteiger partial charge in [0.05, 0.1) is 6.61 Å². The van der Waals surface area contributed by atoms with Gasteiger partial charge < -0.3 is 24.8 Å². The number of hydrogen-bond acceptors (Lipinski definition) is 6. The van der Waals surface area contributed by atoms with Crippen LogP contribution in [0.3, 0.4) is 0 Å². The highest BCUT2D eigenvalue weighted by atomic mass is 16.5. The SMILES string of the molecule is CC(C)(C)COc1cccc(O[C@H]2C[C@@H](NC(C)(C)CC3[C@H](NC(C)(C)C)C[C@H]3Oc3cc(C(C)(C)C)ccn3)C2)c1. The molecule has 234 valence electrons. The van der Waals surface area contributed by atoms with Crippen molar-refractivity contribution in [1.82, 2.24) is 15.6 Å². The van der Waals surface area contributed by atoms with Crippen molar-refractivity contribution in [2.24, 2.45) is 11.3 Å². The van der Waals surface area contributed by atoms with Gasteiger partial charge in [0, 0.05) is 53.8 Å². The van der Waals surface area contributed by atoms with Crippen LogP contribution in [0.2, 0.25) is 0 Å². The maximum Gasteiger partial charge on any atom is 0.213 e. The zero-order chi connectivity index (χ0) is 30.9. The zero-order valence-electron chi connectivity index (χ0n) is 28.1. The van der Waals surface area contributed by atoms with Gasteiger partial charge in [0.25, 0.3) is 0 Å². The van der Waals surface area contributed by atoms with Crippen molar-refractivity contribution in [3.05, 3.63) is 48.2 Å². The van der Waals surface area contributed by atoms with Crippen LogP contribution in [-0.2, 0) is 5.41 Å². The Balaban J connectivity index is 1.31. The second kappa shape index (κ2) is 12.4. The summed E-state index contributed by atoms with van der Waals surface area (Å²) in [4.78, 5) is 4.57. The highest BCUT2D eigenvalue weighted by Crippen LogP contribution is 2.40. The number of nitrogens with one attached hydrogen (secondary N) is 2. The molecule has 42 heavy (non-hydrogen) atoms. The van der Waals surface area contributed by atoms with Gasteiger partial charge in [0.2, 0.25) is 5.88 Å². The van der Waals surface area contributed by atoms with E-state index < -0.39 is 0 Å². The molecule has 2 aromatic rings. The molecule has 2 aliphatic carbocycles. The monoisotopic (exact) mass is 579 g/mol. The third kappa shape index (κ3) is 9.60. The summed E-state index contributed by atoms with van der Waals surface area (Å²) in [5, 5.41) is 7.81. The summed E-state index contributed by atoms with van der Waals surface area (Å²) in [5.74, 6) is 2.89. The fraction of sp³-hybridized carbons (Fsp3) is 0.694. The lowest BCUT2D eigenvalue weighted by atomic mass is 9.69. The molecule has 6 heteroatoms. The summed E-state index contributed by atoms with van der Waals surface area (Å²) in [5.41, 5.74) is 1.47. The molecular weight excluding hydrogens is 522 g/mol. The first-order valence-corrected chi connectivity index (χ1v) is 15.9. The maximum atomic E-state index is 6.55.